The highest BCUT2D eigenvalue weighted by atomic mass is 16.3. The fourth-order valence-corrected chi connectivity index (χ4v) is 3.02. The van der Waals surface area contributed by atoms with E-state index in [0.29, 0.717) is 19.4 Å². The first kappa shape index (κ1) is 15.8. The highest BCUT2D eigenvalue weighted by molar-refractivity contribution is 6.07. The van der Waals surface area contributed by atoms with Crippen molar-refractivity contribution in [2.75, 3.05) is 13.2 Å². The lowest BCUT2D eigenvalue weighted by atomic mass is 10.0. The predicted molar refractivity (Wildman–Crippen MR) is 91.5 cm³/mol. The second kappa shape index (κ2) is 7.49. The molecular weight excluding hydrogens is 288 g/mol. The number of hydrogen-bond acceptors (Lipinski definition) is 4. The molecule has 0 aromatic heterocycles. The molecule has 0 bridgehead atoms. The number of ketones is 1. The second-order valence-electron chi connectivity index (χ2n) is 5.98. The number of benzene rings is 1. The molecule has 120 valence electrons. The van der Waals surface area contributed by atoms with Crippen LogP contribution >= 0.6 is 0 Å². The van der Waals surface area contributed by atoms with Gasteiger partial charge in [-0.2, -0.15) is 0 Å². The van der Waals surface area contributed by atoms with Crippen molar-refractivity contribution in [2.24, 2.45) is 4.99 Å². The van der Waals surface area contributed by atoms with Gasteiger partial charge in [0.1, 0.15) is 0 Å². The van der Waals surface area contributed by atoms with E-state index in [1.165, 1.54) is 5.56 Å². The zero-order valence-corrected chi connectivity index (χ0v) is 13.2. The van der Waals surface area contributed by atoms with E-state index >= 15 is 0 Å². The monoisotopic (exact) mass is 310 g/mol. The molecule has 2 N–H and O–H groups in total. The van der Waals surface area contributed by atoms with Crippen LogP contribution in [0.4, 0.5) is 0 Å². The van der Waals surface area contributed by atoms with Gasteiger partial charge >= 0.3 is 0 Å². The summed E-state index contributed by atoms with van der Waals surface area (Å²) in [6.07, 6.45) is 6.69. The van der Waals surface area contributed by atoms with Gasteiger partial charge in [0.05, 0.1) is 12.3 Å². The molecule has 0 radical (unpaired) electrons. The number of carbonyl (C=O) groups excluding carboxylic acids is 1. The van der Waals surface area contributed by atoms with E-state index in [1.54, 1.807) is 6.21 Å². The Labute approximate surface area is 136 Å². The third-order valence-corrected chi connectivity index (χ3v) is 4.40. The van der Waals surface area contributed by atoms with Crippen LogP contribution in [0.1, 0.15) is 24.8 Å². The van der Waals surface area contributed by atoms with Gasteiger partial charge < -0.3 is 10.4 Å². The van der Waals surface area contributed by atoms with E-state index in [-0.39, 0.29) is 18.4 Å². The van der Waals surface area contributed by atoms with Crippen LogP contribution < -0.4 is 5.32 Å². The van der Waals surface area contributed by atoms with Crippen molar-refractivity contribution >= 4 is 12.0 Å². The van der Waals surface area contributed by atoms with Gasteiger partial charge in [-0.25, -0.2) is 0 Å². The van der Waals surface area contributed by atoms with Gasteiger partial charge in [0, 0.05) is 30.8 Å². The van der Waals surface area contributed by atoms with Gasteiger partial charge in [-0.15, -0.1) is 0 Å². The molecule has 23 heavy (non-hydrogen) atoms. The zero-order valence-electron chi connectivity index (χ0n) is 13.2. The van der Waals surface area contributed by atoms with Crippen LogP contribution in [0.2, 0.25) is 0 Å². The van der Waals surface area contributed by atoms with Gasteiger partial charge in [0.15, 0.2) is 5.78 Å². The Bertz CT molecular complexity index is 659. The number of allylic oxidation sites excluding steroid dienone is 2. The summed E-state index contributed by atoms with van der Waals surface area (Å²) < 4.78 is 0. The number of nitrogens with one attached hydrogen (secondary N) is 1. The van der Waals surface area contributed by atoms with E-state index in [0.717, 1.165) is 29.7 Å². The van der Waals surface area contributed by atoms with E-state index in [4.69, 9.17) is 0 Å². The molecule has 0 unspecified atom stereocenters. The van der Waals surface area contributed by atoms with Crippen molar-refractivity contribution in [3.05, 3.63) is 58.8 Å². The molecule has 1 aliphatic heterocycles. The van der Waals surface area contributed by atoms with Crippen LogP contribution in [0, 0.1) is 0 Å². The van der Waals surface area contributed by atoms with Crippen molar-refractivity contribution in [1.29, 1.82) is 0 Å². The molecule has 1 aromatic rings. The summed E-state index contributed by atoms with van der Waals surface area (Å²) in [5.74, 6) is 0.184. The number of aliphatic hydroxyl groups is 1. The molecule has 1 aromatic carbocycles. The first-order valence-electron chi connectivity index (χ1n) is 8.14. The van der Waals surface area contributed by atoms with Gasteiger partial charge in [0.25, 0.3) is 0 Å². The highest BCUT2D eigenvalue weighted by Gasteiger charge is 2.24. The maximum atomic E-state index is 11.8. The van der Waals surface area contributed by atoms with Gasteiger partial charge in [-0.05, 0) is 30.4 Å². The third kappa shape index (κ3) is 3.84. The van der Waals surface area contributed by atoms with Crippen LogP contribution in [0.3, 0.4) is 0 Å². The van der Waals surface area contributed by atoms with Crippen LogP contribution in [-0.2, 0) is 11.2 Å². The molecule has 0 saturated heterocycles. The lowest BCUT2D eigenvalue weighted by Crippen LogP contribution is -2.34. The molecule has 3 rings (SSSR count). The van der Waals surface area contributed by atoms with Gasteiger partial charge in [0.2, 0.25) is 0 Å². The van der Waals surface area contributed by atoms with Crippen LogP contribution in [0.25, 0.3) is 0 Å². The van der Waals surface area contributed by atoms with Crippen molar-refractivity contribution in [3.63, 3.8) is 0 Å². The molecule has 0 amide bonds. The summed E-state index contributed by atoms with van der Waals surface area (Å²) in [4.78, 5) is 16.2. The predicted octanol–water partition coefficient (Wildman–Crippen LogP) is 2.20. The molecule has 4 heteroatoms. The summed E-state index contributed by atoms with van der Waals surface area (Å²) in [7, 11) is 0. The number of carbonyl (C=O) groups is 1. The maximum Gasteiger partial charge on any atom is 0.166 e. The summed E-state index contributed by atoms with van der Waals surface area (Å²) >= 11 is 0. The number of hydrogen-bond donors (Lipinski definition) is 2. The van der Waals surface area contributed by atoms with E-state index < -0.39 is 0 Å². The zero-order chi connectivity index (χ0) is 16.1. The molecule has 2 aliphatic rings. The number of aliphatic imine (C=N–C) groups is 1. The Kier molecular flexibility index (Phi) is 5.16. The highest BCUT2D eigenvalue weighted by Crippen LogP contribution is 2.30. The minimum Gasteiger partial charge on any atom is -0.395 e. The molecular formula is C19H22N2O2. The first-order chi connectivity index (χ1) is 11.3. The number of aryl methyl sites for hydroxylation is 1. The number of aliphatic hydroxyl groups excluding tert-OH is 1. The van der Waals surface area contributed by atoms with Crippen molar-refractivity contribution in [3.8, 4) is 0 Å². The summed E-state index contributed by atoms with van der Waals surface area (Å²) in [5.41, 5.74) is 4.03. The Morgan fingerprint density at radius 3 is 2.83 bits per heavy atom. The molecule has 1 aliphatic carbocycles. The Balaban J connectivity index is 1.53. The van der Waals surface area contributed by atoms with Crippen molar-refractivity contribution in [1.82, 2.24) is 5.32 Å². The Morgan fingerprint density at radius 1 is 1.22 bits per heavy atom. The van der Waals surface area contributed by atoms with Crippen LogP contribution in [-0.4, -0.2) is 36.3 Å². The van der Waals surface area contributed by atoms with Crippen LogP contribution in [0.15, 0.2) is 58.2 Å². The summed E-state index contributed by atoms with van der Waals surface area (Å²) in [6, 6.07) is 10.3. The lowest BCUT2D eigenvalue weighted by Gasteiger charge is -2.18. The van der Waals surface area contributed by atoms with Gasteiger partial charge in [-0.1, -0.05) is 36.4 Å². The number of Topliss-reactive ketones (excluding diaryl/α,β-unsaturated/α-hetero) is 1. The largest absolute Gasteiger partial charge is 0.395 e. The topological polar surface area (TPSA) is 61.7 Å². The molecule has 0 spiro atoms. The second-order valence-corrected chi connectivity index (χ2v) is 5.98. The van der Waals surface area contributed by atoms with Crippen LogP contribution in [0.5, 0.6) is 0 Å². The number of nitrogens with zero attached hydrogens (tertiary/aromatic N) is 1. The quantitative estimate of drug-likeness (QED) is 0.811. The molecule has 1 atom stereocenters. The van der Waals surface area contributed by atoms with E-state index in [9.17, 15) is 9.90 Å². The fourth-order valence-electron chi connectivity index (χ4n) is 3.02. The molecule has 4 nitrogen and oxygen atoms in total. The lowest BCUT2D eigenvalue weighted by molar-refractivity contribution is -0.114. The normalized spacial score (nSPS) is 18.1. The minimum absolute atomic E-state index is 0.0454. The average Bonchev–Trinajstić information content (AvgIpc) is 3.01. The van der Waals surface area contributed by atoms with Crippen molar-refractivity contribution in [2.45, 2.75) is 31.7 Å². The average molecular weight is 310 g/mol. The molecule has 1 heterocycles. The van der Waals surface area contributed by atoms with Gasteiger partial charge in [-0.3, -0.25) is 9.79 Å². The Hall–Kier alpha value is -2.04. The molecule has 0 fully saturated rings. The van der Waals surface area contributed by atoms with E-state index in [1.807, 2.05) is 18.2 Å². The summed E-state index contributed by atoms with van der Waals surface area (Å²) in [5, 5.41) is 13.0. The third-order valence-electron chi connectivity index (χ3n) is 4.40. The fraction of sp³-hybridized carbons (Fsp3) is 0.368. The Morgan fingerprint density at radius 2 is 2.04 bits per heavy atom. The maximum absolute atomic E-state index is 11.8. The molecule has 0 saturated carbocycles. The first-order valence-corrected chi connectivity index (χ1v) is 8.14. The standard InChI is InChI=1S/C19H22N2O2/c22-13-16(8-6-14-4-2-1-3-5-14)21-12-15-7-9-17-18(23)10-11-20-19(15)17/h1-5,7,11,16,21-22H,6,8-10,12-13H2/t16-/m1/s1. The minimum atomic E-state index is 0.0454. The smallest absolute Gasteiger partial charge is 0.166 e. The summed E-state index contributed by atoms with van der Waals surface area (Å²) in [6.45, 7) is 0.748. The SMILES string of the molecule is O=C1CC=NC2=C1CC=C2CN[C@@H](CO)CCc1ccccc1. The number of rotatable bonds is 7. The van der Waals surface area contributed by atoms with Crippen molar-refractivity contribution < 1.29 is 9.90 Å². The van der Waals surface area contributed by atoms with E-state index in [2.05, 4.69) is 28.5 Å².